The van der Waals surface area contributed by atoms with Gasteiger partial charge in [0.05, 0.1) is 13.7 Å². The van der Waals surface area contributed by atoms with E-state index in [1.165, 1.54) is 0 Å². The Balaban J connectivity index is 2.86. The van der Waals surface area contributed by atoms with Crippen molar-refractivity contribution in [3.8, 4) is 11.5 Å². The van der Waals surface area contributed by atoms with E-state index < -0.39 is 0 Å². The summed E-state index contributed by atoms with van der Waals surface area (Å²) in [5, 5.41) is 0. The first-order valence-corrected chi connectivity index (χ1v) is 5.36. The smallest absolute Gasteiger partial charge is 0.127 e. The van der Waals surface area contributed by atoms with E-state index in [1.54, 1.807) is 7.11 Å². The lowest BCUT2D eigenvalue weighted by Crippen LogP contribution is -2.08. The number of hydrogen-bond donors (Lipinski definition) is 1. The standard InChI is InChI=1S/C13H19NO2/c1-4-5-8-16-13-9-11(15-3)6-7-12(13)10(2)14/h4,6-7,9-10H,1,5,8,14H2,2-3H3/t10-/m1/s1. The van der Waals surface area contributed by atoms with Crippen molar-refractivity contribution in [1.29, 1.82) is 0 Å². The molecule has 3 heteroatoms. The first-order valence-electron chi connectivity index (χ1n) is 5.36. The third kappa shape index (κ3) is 3.28. The molecule has 1 aromatic rings. The molecule has 0 radical (unpaired) electrons. The summed E-state index contributed by atoms with van der Waals surface area (Å²) in [7, 11) is 1.63. The molecule has 88 valence electrons. The van der Waals surface area contributed by atoms with Crippen LogP contribution in [0.25, 0.3) is 0 Å². The maximum Gasteiger partial charge on any atom is 0.127 e. The summed E-state index contributed by atoms with van der Waals surface area (Å²) in [6, 6.07) is 5.64. The van der Waals surface area contributed by atoms with E-state index in [9.17, 15) is 0 Å². The Bertz CT molecular complexity index is 348. The van der Waals surface area contributed by atoms with Crippen LogP contribution in [0.5, 0.6) is 11.5 Å². The van der Waals surface area contributed by atoms with Gasteiger partial charge in [-0.25, -0.2) is 0 Å². The fraction of sp³-hybridized carbons (Fsp3) is 0.385. The monoisotopic (exact) mass is 221 g/mol. The average Bonchev–Trinajstić information content (AvgIpc) is 2.29. The topological polar surface area (TPSA) is 44.5 Å². The van der Waals surface area contributed by atoms with E-state index in [2.05, 4.69) is 6.58 Å². The molecule has 0 aliphatic heterocycles. The average molecular weight is 221 g/mol. The Labute approximate surface area is 96.9 Å². The van der Waals surface area contributed by atoms with Gasteiger partial charge in [0.2, 0.25) is 0 Å². The minimum atomic E-state index is -0.0513. The number of nitrogens with two attached hydrogens (primary N) is 1. The van der Waals surface area contributed by atoms with Crippen molar-refractivity contribution in [3.63, 3.8) is 0 Å². The van der Waals surface area contributed by atoms with Crippen LogP contribution in [0.1, 0.15) is 24.9 Å². The summed E-state index contributed by atoms with van der Waals surface area (Å²) >= 11 is 0. The van der Waals surface area contributed by atoms with Crippen LogP contribution in [0.4, 0.5) is 0 Å². The highest BCUT2D eigenvalue weighted by Crippen LogP contribution is 2.28. The van der Waals surface area contributed by atoms with Crippen molar-refractivity contribution in [2.45, 2.75) is 19.4 Å². The Morgan fingerprint density at radius 3 is 2.81 bits per heavy atom. The molecule has 0 aliphatic rings. The van der Waals surface area contributed by atoms with Gasteiger partial charge in [-0.3, -0.25) is 0 Å². The van der Waals surface area contributed by atoms with E-state index in [-0.39, 0.29) is 6.04 Å². The molecule has 0 aliphatic carbocycles. The molecule has 1 atom stereocenters. The normalized spacial score (nSPS) is 11.9. The van der Waals surface area contributed by atoms with Gasteiger partial charge in [-0.1, -0.05) is 12.1 Å². The zero-order valence-corrected chi connectivity index (χ0v) is 9.90. The number of hydrogen-bond acceptors (Lipinski definition) is 3. The highest BCUT2D eigenvalue weighted by Gasteiger charge is 2.09. The van der Waals surface area contributed by atoms with E-state index in [0.717, 1.165) is 23.5 Å². The highest BCUT2D eigenvalue weighted by atomic mass is 16.5. The largest absolute Gasteiger partial charge is 0.497 e. The van der Waals surface area contributed by atoms with Crippen molar-refractivity contribution in [3.05, 3.63) is 36.4 Å². The summed E-state index contributed by atoms with van der Waals surface area (Å²) in [5.41, 5.74) is 6.86. The van der Waals surface area contributed by atoms with Gasteiger partial charge >= 0.3 is 0 Å². The van der Waals surface area contributed by atoms with E-state index in [4.69, 9.17) is 15.2 Å². The molecule has 0 heterocycles. The molecule has 2 N–H and O–H groups in total. The Morgan fingerprint density at radius 1 is 1.50 bits per heavy atom. The molecule has 0 unspecified atom stereocenters. The van der Waals surface area contributed by atoms with Crippen LogP contribution >= 0.6 is 0 Å². The maximum absolute atomic E-state index is 5.87. The third-order valence-electron chi connectivity index (χ3n) is 2.29. The van der Waals surface area contributed by atoms with Gasteiger partial charge in [0.15, 0.2) is 0 Å². The molecular formula is C13H19NO2. The molecule has 0 bridgehead atoms. The lowest BCUT2D eigenvalue weighted by Gasteiger charge is -2.14. The molecule has 16 heavy (non-hydrogen) atoms. The fourth-order valence-electron chi connectivity index (χ4n) is 1.40. The maximum atomic E-state index is 5.87. The molecule has 1 rings (SSSR count). The lowest BCUT2D eigenvalue weighted by atomic mass is 10.1. The van der Waals surface area contributed by atoms with Crippen molar-refractivity contribution in [2.24, 2.45) is 5.73 Å². The Morgan fingerprint density at radius 2 is 2.25 bits per heavy atom. The summed E-state index contributed by atoms with van der Waals surface area (Å²) in [5.74, 6) is 1.56. The Kier molecular flexibility index (Phi) is 4.86. The van der Waals surface area contributed by atoms with Crippen LogP contribution in [0, 0.1) is 0 Å². The van der Waals surface area contributed by atoms with Crippen LogP contribution in [0.2, 0.25) is 0 Å². The number of rotatable bonds is 6. The molecule has 0 fully saturated rings. The second-order valence-corrected chi connectivity index (χ2v) is 3.62. The number of ether oxygens (including phenoxy) is 2. The molecule has 0 spiro atoms. The van der Waals surface area contributed by atoms with Crippen LogP contribution in [0.3, 0.4) is 0 Å². The van der Waals surface area contributed by atoms with Crippen molar-refractivity contribution >= 4 is 0 Å². The predicted octanol–water partition coefficient (Wildman–Crippen LogP) is 2.67. The predicted molar refractivity (Wildman–Crippen MR) is 65.9 cm³/mol. The second-order valence-electron chi connectivity index (χ2n) is 3.62. The van der Waals surface area contributed by atoms with Crippen LogP contribution < -0.4 is 15.2 Å². The zero-order chi connectivity index (χ0) is 12.0. The zero-order valence-electron chi connectivity index (χ0n) is 9.90. The first-order chi connectivity index (χ1) is 7.69. The summed E-state index contributed by atoms with van der Waals surface area (Å²) in [4.78, 5) is 0. The first kappa shape index (κ1) is 12.6. The quantitative estimate of drug-likeness (QED) is 0.593. The summed E-state index contributed by atoms with van der Waals surface area (Å²) < 4.78 is 10.8. The van der Waals surface area contributed by atoms with Crippen molar-refractivity contribution in [1.82, 2.24) is 0 Å². The van der Waals surface area contributed by atoms with E-state index in [1.807, 2.05) is 31.2 Å². The third-order valence-corrected chi connectivity index (χ3v) is 2.29. The number of benzene rings is 1. The van der Waals surface area contributed by atoms with Gasteiger partial charge in [0.1, 0.15) is 11.5 Å². The SMILES string of the molecule is C=CCCOc1cc(OC)ccc1[C@@H](C)N. The summed E-state index contributed by atoms with van der Waals surface area (Å²) in [6.45, 7) is 6.19. The molecule has 1 aromatic carbocycles. The van der Waals surface area contributed by atoms with Crippen LogP contribution in [-0.2, 0) is 0 Å². The van der Waals surface area contributed by atoms with Gasteiger partial charge in [-0.05, 0) is 19.4 Å². The highest BCUT2D eigenvalue weighted by molar-refractivity contribution is 5.42. The molecule has 0 saturated heterocycles. The number of methoxy groups -OCH3 is 1. The van der Waals surface area contributed by atoms with Crippen LogP contribution in [-0.4, -0.2) is 13.7 Å². The molecule has 0 amide bonds. The fourth-order valence-corrected chi connectivity index (χ4v) is 1.40. The van der Waals surface area contributed by atoms with Gasteiger partial charge in [0, 0.05) is 17.7 Å². The van der Waals surface area contributed by atoms with E-state index >= 15 is 0 Å². The van der Waals surface area contributed by atoms with Crippen LogP contribution in [0.15, 0.2) is 30.9 Å². The van der Waals surface area contributed by atoms with Crippen molar-refractivity contribution < 1.29 is 9.47 Å². The van der Waals surface area contributed by atoms with Gasteiger partial charge < -0.3 is 15.2 Å². The molecular weight excluding hydrogens is 202 g/mol. The molecule has 3 nitrogen and oxygen atoms in total. The van der Waals surface area contributed by atoms with Gasteiger partial charge in [-0.15, -0.1) is 6.58 Å². The minimum Gasteiger partial charge on any atom is -0.497 e. The van der Waals surface area contributed by atoms with Gasteiger partial charge in [-0.2, -0.15) is 0 Å². The second kappa shape index (κ2) is 6.18. The van der Waals surface area contributed by atoms with E-state index in [0.29, 0.717) is 6.61 Å². The minimum absolute atomic E-state index is 0.0513. The van der Waals surface area contributed by atoms with Crippen molar-refractivity contribution in [2.75, 3.05) is 13.7 Å². The Hall–Kier alpha value is -1.48. The lowest BCUT2D eigenvalue weighted by molar-refractivity contribution is 0.317. The summed E-state index contributed by atoms with van der Waals surface area (Å²) in [6.07, 6.45) is 2.64. The van der Waals surface area contributed by atoms with Gasteiger partial charge in [0.25, 0.3) is 0 Å². The molecule has 0 aromatic heterocycles. The molecule has 0 saturated carbocycles.